The lowest BCUT2D eigenvalue weighted by Gasteiger charge is -2.36. The van der Waals surface area contributed by atoms with E-state index in [-0.39, 0.29) is 6.09 Å². The zero-order chi connectivity index (χ0) is 17.2. The quantitative estimate of drug-likeness (QED) is 0.650. The minimum Gasteiger partial charge on any atom is -0.444 e. The number of amides is 1. The number of unbranched alkanes of at least 4 members (excludes halogenated alkanes) is 1. The molecule has 0 saturated heterocycles. The van der Waals surface area contributed by atoms with E-state index in [0.29, 0.717) is 25.2 Å². The highest BCUT2D eigenvalue weighted by atomic mass is 16.6. The fourth-order valence-corrected chi connectivity index (χ4v) is 2.41. The number of carbonyl (C=O) groups is 1. The average Bonchev–Trinajstić information content (AvgIpc) is 2.43. The topological polar surface area (TPSA) is 67.6 Å². The Kier molecular flexibility index (Phi) is 10.4. The predicted molar refractivity (Wildman–Crippen MR) is 93.1 cm³/mol. The molecule has 0 aliphatic rings. The maximum absolute atomic E-state index is 11.7. The zero-order valence-electron chi connectivity index (χ0n) is 15.4. The number of hydrogen-bond donors (Lipinski definition) is 2. The van der Waals surface area contributed by atoms with Crippen LogP contribution in [0.4, 0.5) is 4.79 Å². The molecule has 0 fully saturated rings. The third-order valence-electron chi connectivity index (χ3n) is 3.81. The summed E-state index contributed by atoms with van der Waals surface area (Å²) in [6.45, 7) is 14.5. The summed E-state index contributed by atoms with van der Waals surface area (Å²) >= 11 is 0. The lowest BCUT2D eigenvalue weighted by atomic mass is 10.1. The summed E-state index contributed by atoms with van der Waals surface area (Å²) < 4.78 is 5.25. The highest BCUT2D eigenvalue weighted by molar-refractivity contribution is 5.67. The van der Waals surface area contributed by atoms with Crippen molar-refractivity contribution < 1.29 is 9.53 Å². The van der Waals surface area contributed by atoms with E-state index in [9.17, 15) is 4.79 Å². The van der Waals surface area contributed by atoms with Crippen LogP contribution in [0.1, 0.15) is 67.2 Å². The van der Waals surface area contributed by atoms with Crippen molar-refractivity contribution in [1.82, 2.24) is 10.2 Å². The first-order valence-corrected chi connectivity index (χ1v) is 8.67. The third-order valence-corrected chi connectivity index (χ3v) is 3.81. The number of ether oxygens (including phenoxy) is 1. The van der Waals surface area contributed by atoms with E-state index in [2.05, 4.69) is 31.0 Å². The van der Waals surface area contributed by atoms with Crippen LogP contribution in [0.5, 0.6) is 0 Å². The van der Waals surface area contributed by atoms with Gasteiger partial charge in [-0.15, -0.1) is 0 Å². The van der Waals surface area contributed by atoms with Crippen LogP contribution in [0.15, 0.2) is 0 Å². The number of nitrogens with two attached hydrogens (primary N) is 1. The van der Waals surface area contributed by atoms with Crippen molar-refractivity contribution in [2.45, 2.75) is 84.9 Å². The minimum atomic E-state index is -0.457. The van der Waals surface area contributed by atoms with E-state index in [4.69, 9.17) is 10.5 Å². The molecule has 0 radical (unpaired) electrons. The lowest BCUT2D eigenvalue weighted by Crippen LogP contribution is -2.47. The van der Waals surface area contributed by atoms with Crippen LogP contribution in [-0.2, 0) is 4.74 Å². The van der Waals surface area contributed by atoms with Crippen LogP contribution in [-0.4, -0.2) is 48.3 Å². The van der Waals surface area contributed by atoms with E-state index < -0.39 is 5.60 Å². The van der Waals surface area contributed by atoms with E-state index in [1.807, 2.05) is 20.8 Å². The smallest absolute Gasteiger partial charge is 0.407 e. The normalized spacial score (nSPS) is 14.7. The van der Waals surface area contributed by atoms with Crippen LogP contribution in [0.3, 0.4) is 0 Å². The Morgan fingerprint density at radius 3 is 2.41 bits per heavy atom. The fourth-order valence-electron chi connectivity index (χ4n) is 2.41. The summed E-state index contributed by atoms with van der Waals surface area (Å²) in [6.07, 6.45) is 3.97. The van der Waals surface area contributed by atoms with Gasteiger partial charge in [-0.2, -0.15) is 0 Å². The lowest BCUT2D eigenvalue weighted by molar-refractivity contribution is 0.0518. The van der Waals surface area contributed by atoms with Gasteiger partial charge in [0.15, 0.2) is 0 Å². The molecule has 0 aliphatic carbocycles. The van der Waals surface area contributed by atoms with Crippen molar-refractivity contribution in [1.29, 1.82) is 0 Å². The van der Waals surface area contributed by atoms with E-state index >= 15 is 0 Å². The Morgan fingerprint density at radius 1 is 1.32 bits per heavy atom. The molecule has 132 valence electrons. The Morgan fingerprint density at radius 2 is 1.95 bits per heavy atom. The van der Waals surface area contributed by atoms with E-state index in [1.54, 1.807) is 0 Å². The molecule has 0 aromatic carbocycles. The van der Waals surface area contributed by atoms with Gasteiger partial charge in [0.05, 0.1) is 0 Å². The summed E-state index contributed by atoms with van der Waals surface area (Å²) in [7, 11) is 0. The van der Waals surface area contributed by atoms with Gasteiger partial charge in [-0.1, -0.05) is 20.3 Å². The number of hydrogen-bond acceptors (Lipinski definition) is 4. The molecule has 0 saturated carbocycles. The molecule has 5 nitrogen and oxygen atoms in total. The summed E-state index contributed by atoms with van der Waals surface area (Å²) in [5, 5.41) is 2.83. The zero-order valence-corrected chi connectivity index (χ0v) is 15.4. The summed E-state index contributed by atoms with van der Waals surface area (Å²) in [6, 6.07) is 0.818. The molecule has 22 heavy (non-hydrogen) atoms. The highest BCUT2D eigenvalue weighted by Gasteiger charge is 2.21. The van der Waals surface area contributed by atoms with E-state index in [1.165, 1.54) is 12.8 Å². The van der Waals surface area contributed by atoms with Gasteiger partial charge in [-0.05, 0) is 53.5 Å². The second-order valence-corrected chi connectivity index (χ2v) is 6.96. The molecule has 5 heteroatoms. The van der Waals surface area contributed by atoms with Gasteiger partial charge >= 0.3 is 6.09 Å². The van der Waals surface area contributed by atoms with Crippen LogP contribution >= 0.6 is 0 Å². The second kappa shape index (κ2) is 10.8. The van der Waals surface area contributed by atoms with Crippen molar-refractivity contribution in [3.05, 3.63) is 0 Å². The number of alkyl carbamates (subject to hydrolysis) is 1. The van der Waals surface area contributed by atoms with Gasteiger partial charge in [0.1, 0.15) is 5.60 Å². The molecule has 0 bridgehead atoms. The maximum atomic E-state index is 11.7. The minimum absolute atomic E-state index is 0.302. The van der Waals surface area contributed by atoms with Crippen LogP contribution < -0.4 is 11.1 Å². The molecule has 0 aromatic rings. The Balaban J connectivity index is 4.39. The van der Waals surface area contributed by atoms with Gasteiger partial charge in [-0.3, -0.25) is 4.90 Å². The number of carbonyl (C=O) groups excluding carboxylic acids is 1. The summed E-state index contributed by atoms with van der Waals surface area (Å²) in [5.41, 5.74) is 5.51. The number of nitrogens with zero attached hydrogens (tertiary/aromatic N) is 1. The Hall–Kier alpha value is -0.810. The first kappa shape index (κ1) is 21.2. The largest absolute Gasteiger partial charge is 0.444 e. The highest BCUT2D eigenvalue weighted by Crippen LogP contribution is 2.13. The molecule has 0 heterocycles. The van der Waals surface area contributed by atoms with Gasteiger partial charge in [0.2, 0.25) is 0 Å². The molecular formula is C17H37N3O2. The Labute approximate surface area is 137 Å². The standard InChI is InChI=1S/C17H37N3O2/c1-7-9-12-20(14(3)8-2)15(13-18)10-11-19-16(21)22-17(4,5)6/h14-15H,7-13,18H2,1-6H3,(H,19,21). The molecule has 0 rings (SSSR count). The molecule has 1 amide bonds. The molecule has 0 aromatic heterocycles. The first-order valence-electron chi connectivity index (χ1n) is 8.67. The van der Waals surface area contributed by atoms with Crippen molar-refractivity contribution in [3.8, 4) is 0 Å². The predicted octanol–water partition coefficient (Wildman–Crippen LogP) is 3.13. The molecule has 2 atom stereocenters. The molecule has 3 N–H and O–H groups in total. The van der Waals surface area contributed by atoms with E-state index in [0.717, 1.165) is 19.4 Å². The van der Waals surface area contributed by atoms with Crippen molar-refractivity contribution in [2.75, 3.05) is 19.6 Å². The summed E-state index contributed by atoms with van der Waals surface area (Å²) in [4.78, 5) is 14.2. The first-order chi connectivity index (χ1) is 10.2. The number of rotatable bonds is 10. The van der Waals surface area contributed by atoms with Gasteiger partial charge in [0, 0.05) is 25.2 Å². The number of nitrogens with one attached hydrogen (secondary N) is 1. The average molecular weight is 316 g/mol. The molecular weight excluding hydrogens is 278 g/mol. The van der Waals surface area contributed by atoms with Crippen molar-refractivity contribution in [2.24, 2.45) is 5.73 Å². The monoisotopic (exact) mass is 315 g/mol. The van der Waals surface area contributed by atoms with Crippen molar-refractivity contribution in [3.63, 3.8) is 0 Å². The van der Waals surface area contributed by atoms with Gasteiger partial charge < -0.3 is 15.8 Å². The molecule has 0 aliphatic heterocycles. The Bertz CT molecular complexity index is 303. The van der Waals surface area contributed by atoms with Crippen LogP contribution in [0.2, 0.25) is 0 Å². The molecule has 2 unspecified atom stereocenters. The van der Waals surface area contributed by atoms with Crippen LogP contribution in [0.25, 0.3) is 0 Å². The van der Waals surface area contributed by atoms with Gasteiger partial charge in [-0.25, -0.2) is 4.79 Å². The SMILES string of the molecule is CCCCN(C(C)CC)C(CN)CCNC(=O)OC(C)(C)C. The summed E-state index contributed by atoms with van der Waals surface area (Å²) in [5.74, 6) is 0. The molecule has 0 spiro atoms. The van der Waals surface area contributed by atoms with Crippen molar-refractivity contribution >= 4 is 6.09 Å². The fraction of sp³-hybridized carbons (Fsp3) is 0.941. The third kappa shape index (κ3) is 9.26. The maximum Gasteiger partial charge on any atom is 0.407 e. The van der Waals surface area contributed by atoms with Gasteiger partial charge in [0.25, 0.3) is 0 Å². The second-order valence-electron chi connectivity index (χ2n) is 6.96. The van der Waals surface area contributed by atoms with Crippen LogP contribution in [0, 0.1) is 0 Å².